The van der Waals surface area contributed by atoms with Crippen molar-refractivity contribution in [3.8, 4) is 0 Å². The lowest BCUT2D eigenvalue weighted by molar-refractivity contribution is -0.258. The molecule has 0 aliphatic carbocycles. The average molecular weight is 363 g/mol. The number of esters is 1. The first kappa shape index (κ1) is 19.1. The average Bonchev–Trinajstić information content (AvgIpc) is 2.41. The minimum Gasteiger partial charge on any atom is -0.443 e. The molecule has 12 heteroatoms. The van der Waals surface area contributed by atoms with Crippen LogP contribution in [0.5, 0.6) is 0 Å². The summed E-state index contributed by atoms with van der Waals surface area (Å²) in [6, 6.07) is 7.52. The monoisotopic (exact) mass is 363 g/mol. The van der Waals surface area contributed by atoms with Gasteiger partial charge in [0.05, 0.1) is 0 Å². The van der Waals surface area contributed by atoms with Gasteiger partial charge in [-0.15, -0.1) is 0 Å². The molecule has 0 aromatic heterocycles. The standard InChI is InChI=1S/C11H10F5NO5S/c12-10(13,14)9(11(15,16)23(19,20)21)22-8(18)6-17-7-4-2-1-3-5-7/h1-5,9,17H,6H2,(H,19,20,21). The van der Waals surface area contributed by atoms with Crippen LogP contribution in [0.2, 0.25) is 0 Å². The zero-order chi connectivity index (χ0) is 17.9. The first-order valence-corrected chi connectivity index (χ1v) is 7.19. The second-order valence-corrected chi connectivity index (χ2v) is 5.66. The number of para-hydroxylation sites is 1. The van der Waals surface area contributed by atoms with Crippen LogP contribution in [-0.4, -0.2) is 43.0 Å². The summed E-state index contributed by atoms with van der Waals surface area (Å²) in [4.78, 5) is 11.3. The molecule has 23 heavy (non-hydrogen) atoms. The minimum atomic E-state index is -6.45. The molecule has 0 heterocycles. The van der Waals surface area contributed by atoms with E-state index in [1.54, 1.807) is 6.07 Å². The second kappa shape index (κ2) is 6.66. The van der Waals surface area contributed by atoms with Crippen LogP contribution >= 0.6 is 0 Å². The summed E-state index contributed by atoms with van der Waals surface area (Å²) in [5.41, 5.74) is 0.287. The maximum atomic E-state index is 13.2. The quantitative estimate of drug-likeness (QED) is 0.457. The first-order valence-electron chi connectivity index (χ1n) is 5.75. The summed E-state index contributed by atoms with van der Waals surface area (Å²) in [6.07, 6.45) is -10.3. The summed E-state index contributed by atoms with van der Waals surface area (Å²) in [5.74, 6) is -1.79. The zero-order valence-electron chi connectivity index (χ0n) is 11.0. The molecule has 0 fully saturated rings. The third-order valence-electron chi connectivity index (χ3n) is 2.41. The Hall–Kier alpha value is -1.95. The molecule has 0 bridgehead atoms. The number of rotatable bonds is 6. The van der Waals surface area contributed by atoms with Gasteiger partial charge < -0.3 is 10.1 Å². The second-order valence-electron chi connectivity index (χ2n) is 4.17. The van der Waals surface area contributed by atoms with Gasteiger partial charge in [0.1, 0.15) is 6.54 Å². The lowest BCUT2D eigenvalue weighted by Crippen LogP contribution is -2.52. The van der Waals surface area contributed by atoms with Crippen LogP contribution in [0.1, 0.15) is 0 Å². The maximum Gasteiger partial charge on any atom is 0.432 e. The number of anilines is 1. The number of hydrogen-bond donors (Lipinski definition) is 2. The molecule has 1 aromatic rings. The lowest BCUT2D eigenvalue weighted by atomic mass is 10.3. The Morgan fingerprint density at radius 2 is 1.70 bits per heavy atom. The van der Waals surface area contributed by atoms with Gasteiger partial charge in [0.25, 0.3) is 6.10 Å². The van der Waals surface area contributed by atoms with Crippen molar-refractivity contribution in [3.63, 3.8) is 0 Å². The molecule has 0 aliphatic rings. The molecule has 130 valence electrons. The Kier molecular flexibility index (Phi) is 5.53. The van der Waals surface area contributed by atoms with E-state index in [9.17, 15) is 35.2 Å². The minimum absolute atomic E-state index is 0.287. The van der Waals surface area contributed by atoms with E-state index in [0.29, 0.717) is 0 Å². The zero-order valence-corrected chi connectivity index (χ0v) is 11.9. The highest BCUT2D eigenvalue weighted by Gasteiger charge is 2.66. The number of halogens is 5. The molecule has 0 saturated heterocycles. The van der Waals surface area contributed by atoms with Crippen molar-refractivity contribution < 1.29 is 44.5 Å². The van der Waals surface area contributed by atoms with E-state index in [1.807, 2.05) is 0 Å². The number of nitrogens with one attached hydrogen (secondary N) is 1. The van der Waals surface area contributed by atoms with Gasteiger partial charge in [-0.1, -0.05) is 18.2 Å². The fourth-order valence-corrected chi connectivity index (χ4v) is 1.82. The van der Waals surface area contributed by atoms with E-state index in [-0.39, 0.29) is 5.69 Å². The van der Waals surface area contributed by atoms with Crippen molar-refractivity contribution in [1.82, 2.24) is 0 Å². The van der Waals surface area contributed by atoms with Crippen LogP contribution < -0.4 is 5.32 Å². The predicted molar refractivity (Wildman–Crippen MR) is 67.4 cm³/mol. The molecule has 1 rings (SSSR count). The van der Waals surface area contributed by atoms with Crippen LogP contribution in [0.3, 0.4) is 0 Å². The summed E-state index contributed by atoms with van der Waals surface area (Å²) >= 11 is 0. The number of benzene rings is 1. The third kappa shape index (κ3) is 5.03. The van der Waals surface area contributed by atoms with E-state index in [4.69, 9.17) is 4.55 Å². The van der Waals surface area contributed by atoms with Crippen LogP contribution in [-0.2, 0) is 19.6 Å². The van der Waals surface area contributed by atoms with Gasteiger partial charge in [0.2, 0.25) is 0 Å². The number of carbonyl (C=O) groups is 1. The third-order valence-corrected chi connectivity index (χ3v) is 3.31. The number of ether oxygens (including phenoxy) is 1. The Morgan fingerprint density at radius 3 is 2.13 bits per heavy atom. The van der Waals surface area contributed by atoms with E-state index < -0.39 is 40.2 Å². The van der Waals surface area contributed by atoms with Crippen molar-refractivity contribution in [2.24, 2.45) is 0 Å². The highest BCUT2D eigenvalue weighted by atomic mass is 32.2. The molecule has 6 nitrogen and oxygen atoms in total. The molecule has 1 atom stereocenters. The Labute approximate surface area is 127 Å². The topological polar surface area (TPSA) is 92.7 Å². The normalized spacial score (nSPS) is 14.2. The molecular weight excluding hydrogens is 353 g/mol. The molecule has 0 amide bonds. The molecule has 2 N–H and O–H groups in total. The fourth-order valence-electron chi connectivity index (χ4n) is 1.36. The predicted octanol–water partition coefficient (Wildman–Crippen LogP) is 2.05. The first-order chi connectivity index (χ1) is 10.4. The molecular formula is C11H10F5NO5S. The van der Waals surface area contributed by atoms with Gasteiger partial charge in [0, 0.05) is 5.69 Å². The van der Waals surface area contributed by atoms with Crippen molar-refractivity contribution in [1.29, 1.82) is 0 Å². The van der Waals surface area contributed by atoms with Gasteiger partial charge in [0.15, 0.2) is 0 Å². The van der Waals surface area contributed by atoms with E-state index in [1.165, 1.54) is 24.3 Å². The van der Waals surface area contributed by atoms with Crippen molar-refractivity contribution in [2.75, 3.05) is 11.9 Å². The molecule has 0 spiro atoms. The Morgan fingerprint density at radius 1 is 1.17 bits per heavy atom. The maximum absolute atomic E-state index is 13.2. The van der Waals surface area contributed by atoms with Gasteiger partial charge in [-0.2, -0.15) is 30.4 Å². The highest BCUT2D eigenvalue weighted by molar-refractivity contribution is 7.86. The largest absolute Gasteiger partial charge is 0.443 e. The van der Waals surface area contributed by atoms with Crippen LogP contribution in [0.4, 0.5) is 27.6 Å². The highest BCUT2D eigenvalue weighted by Crippen LogP contribution is 2.37. The number of hydrogen-bond acceptors (Lipinski definition) is 5. The van der Waals surface area contributed by atoms with Crippen LogP contribution in [0.15, 0.2) is 30.3 Å². The smallest absolute Gasteiger partial charge is 0.432 e. The fraction of sp³-hybridized carbons (Fsp3) is 0.364. The van der Waals surface area contributed by atoms with Crippen molar-refractivity contribution in [2.45, 2.75) is 17.5 Å². The molecule has 1 aromatic carbocycles. The van der Waals surface area contributed by atoms with Crippen LogP contribution in [0, 0.1) is 0 Å². The van der Waals surface area contributed by atoms with E-state index in [2.05, 4.69) is 10.1 Å². The summed E-state index contributed by atoms with van der Waals surface area (Å²) in [6.45, 7) is -0.932. The summed E-state index contributed by atoms with van der Waals surface area (Å²) < 4.78 is 96.4. The molecule has 0 radical (unpaired) electrons. The van der Waals surface area contributed by atoms with Gasteiger partial charge in [-0.05, 0) is 12.1 Å². The van der Waals surface area contributed by atoms with Gasteiger partial charge in [-0.25, -0.2) is 0 Å². The van der Waals surface area contributed by atoms with E-state index >= 15 is 0 Å². The molecule has 0 saturated carbocycles. The SMILES string of the molecule is O=C(CNc1ccccc1)OC(C(F)(F)F)C(F)(F)S(=O)(=O)O. The van der Waals surface area contributed by atoms with E-state index in [0.717, 1.165) is 0 Å². The number of alkyl halides is 5. The number of carbonyl (C=O) groups excluding carboxylic acids is 1. The summed E-state index contributed by atoms with van der Waals surface area (Å²) in [7, 11) is -6.45. The summed E-state index contributed by atoms with van der Waals surface area (Å²) in [5, 5.41) is -3.45. The Bertz CT molecular complexity index is 647. The Balaban J connectivity index is 2.85. The van der Waals surface area contributed by atoms with Crippen LogP contribution in [0.25, 0.3) is 0 Å². The van der Waals surface area contributed by atoms with Gasteiger partial charge in [-0.3, -0.25) is 9.35 Å². The molecule has 0 aliphatic heterocycles. The van der Waals surface area contributed by atoms with Crippen molar-refractivity contribution in [3.05, 3.63) is 30.3 Å². The van der Waals surface area contributed by atoms with Gasteiger partial charge >= 0.3 is 27.5 Å². The lowest BCUT2D eigenvalue weighted by Gasteiger charge is -2.26. The molecule has 1 unspecified atom stereocenters. The van der Waals surface area contributed by atoms with Crippen molar-refractivity contribution >= 4 is 21.8 Å².